The minimum atomic E-state index is -0.335. The summed E-state index contributed by atoms with van der Waals surface area (Å²) >= 11 is 0. The van der Waals surface area contributed by atoms with Crippen LogP contribution in [0, 0.1) is 17.2 Å². The number of benzene rings is 2. The SMILES string of the molecule is Fc1cc(Oc2ccccc2)cc(C23CCC(CCC4CC4)(CC2)CO3)c1. The molecule has 4 aliphatic rings. The zero-order chi connectivity index (χ0) is 18.3. The van der Waals surface area contributed by atoms with Crippen molar-refractivity contribution in [2.24, 2.45) is 11.3 Å². The van der Waals surface area contributed by atoms with Crippen molar-refractivity contribution < 1.29 is 13.9 Å². The Morgan fingerprint density at radius 2 is 1.74 bits per heavy atom. The molecule has 142 valence electrons. The van der Waals surface area contributed by atoms with Crippen molar-refractivity contribution in [3.8, 4) is 11.5 Å². The van der Waals surface area contributed by atoms with Crippen molar-refractivity contribution >= 4 is 0 Å². The zero-order valence-electron chi connectivity index (χ0n) is 15.8. The van der Waals surface area contributed by atoms with Crippen molar-refractivity contribution in [1.29, 1.82) is 0 Å². The molecule has 27 heavy (non-hydrogen) atoms. The number of hydrogen-bond acceptors (Lipinski definition) is 2. The molecule has 3 heteroatoms. The second-order valence-corrected chi connectivity index (χ2v) is 8.86. The van der Waals surface area contributed by atoms with E-state index in [1.807, 2.05) is 36.4 Å². The molecule has 2 heterocycles. The van der Waals surface area contributed by atoms with Gasteiger partial charge in [0.15, 0.2) is 0 Å². The van der Waals surface area contributed by atoms with Crippen molar-refractivity contribution in [2.45, 2.75) is 57.0 Å². The Labute approximate surface area is 160 Å². The first-order valence-corrected chi connectivity index (χ1v) is 10.3. The van der Waals surface area contributed by atoms with Gasteiger partial charge in [-0.25, -0.2) is 4.39 Å². The lowest BCUT2D eigenvalue weighted by atomic mass is 9.62. The molecule has 2 aliphatic heterocycles. The van der Waals surface area contributed by atoms with Crippen LogP contribution in [0.15, 0.2) is 48.5 Å². The number of hydrogen-bond donors (Lipinski definition) is 0. The predicted octanol–water partition coefficient (Wildman–Crippen LogP) is 6.59. The number of rotatable bonds is 6. The van der Waals surface area contributed by atoms with Gasteiger partial charge in [-0.15, -0.1) is 0 Å². The lowest BCUT2D eigenvalue weighted by Gasteiger charge is -2.53. The Morgan fingerprint density at radius 1 is 0.963 bits per heavy atom. The first-order valence-electron chi connectivity index (χ1n) is 10.3. The van der Waals surface area contributed by atoms with E-state index in [0.29, 0.717) is 11.2 Å². The summed E-state index contributed by atoms with van der Waals surface area (Å²) in [5, 5.41) is 0. The molecule has 2 bridgehead atoms. The monoisotopic (exact) mass is 366 g/mol. The average Bonchev–Trinajstić information content (AvgIpc) is 3.53. The van der Waals surface area contributed by atoms with E-state index in [9.17, 15) is 4.39 Å². The highest BCUT2D eigenvalue weighted by molar-refractivity contribution is 5.37. The highest BCUT2D eigenvalue weighted by atomic mass is 19.1. The van der Waals surface area contributed by atoms with Crippen molar-refractivity contribution in [2.75, 3.05) is 6.61 Å². The van der Waals surface area contributed by atoms with E-state index in [1.165, 1.54) is 44.6 Å². The third kappa shape index (κ3) is 3.50. The average molecular weight is 366 g/mol. The molecule has 6 rings (SSSR count). The van der Waals surface area contributed by atoms with E-state index < -0.39 is 0 Å². The van der Waals surface area contributed by atoms with Crippen molar-refractivity contribution in [3.63, 3.8) is 0 Å². The molecule has 0 N–H and O–H groups in total. The molecule has 0 amide bonds. The van der Waals surface area contributed by atoms with Crippen LogP contribution in [0.25, 0.3) is 0 Å². The second kappa shape index (κ2) is 6.63. The molecule has 0 aromatic heterocycles. The summed E-state index contributed by atoms with van der Waals surface area (Å²) in [6.07, 6.45) is 9.90. The van der Waals surface area contributed by atoms with Gasteiger partial charge in [0, 0.05) is 6.07 Å². The number of halogens is 1. The molecular formula is C24H27FO2. The Bertz CT molecular complexity index is 788. The van der Waals surface area contributed by atoms with Crippen LogP contribution in [0.5, 0.6) is 11.5 Å². The second-order valence-electron chi connectivity index (χ2n) is 8.86. The van der Waals surface area contributed by atoms with Gasteiger partial charge in [0.05, 0.1) is 12.2 Å². The van der Waals surface area contributed by atoms with E-state index in [2.05, 4.69) is 0 Å². The molecule has 0 unspecified atom stereocenters. The van der Waals surface area contributed by atoms with Crippen LogP contribution < -0.4 is 4.74 Å². The quantitative estimate of drug-likeness (QED) is 0.574. The third-order valence-corrected chi connectivity index (χ3v) is 6.93. The summed E-state index contributed by atoms with van der Waals surface area (Å²) in [6.45, 7) is 0.825. The minimum absolute atomic E-state index is 0.257. The third-order valence-electron chi connectivity index (χ3n) is 6.93. The fourth-order valence-electron chi connectivity index (χ4n) is 4.88. The van der Waals surface area contributed by atoms with Crippen LogP contribution >= 0.6 is 0 Å². The van der Waals surface area contributed by atoms with Gasteiger partial charge in [0.25, 0.3) is 0 Å². The Balaban J connectivity index is 1.34. The summed E-state index contributed by atoms with van der Waals surface area (Å²) in [6, 6.07) is 14.6. The Kier molecular flexibility index (Phi) is 4.23. The molecule has 2 aromatic rings. The fraction of sp³-hybridized carbons (Fsp3) is 0.500. The summed E-state index contributed by atoms with van der Waals surface area (Å²) < 4.78 is 26.7. The number of ether oxygens (including phenoxy) is 2. The van der Waals surface area contributed by atoms with Crippen LogP contribution in [0.4, 0.5) is 4.39 Å². The van der Waals surface area contributed by atoms with Crippen molar-refractivity contribution in [1.82, 2.24) is 0 Å². The Morgan fingerprint density at radius 3 is 2.41 bits per heavy atom. The largest absolute Gasteiger partial charge is 0.457 e. The van der Waals surface area contributed by atoms with Crippen LogP contribution in [0.3, 0.4) is 0 Å². The summed E-state index contributed by atoms with van der Waals surface area (Å²) in [5.74, 6) is 1.99. The van der Waals surface area contributed by atoms with Gasteiger partial charge in [-0.3, -0.25) is 0 Å². The van der Waals surface area contributed by atoms with Gasteiger partial charge in [0.1, 0.15) is 17.3 Å². The first kappa shape index (κ1) is 17.2. The topological polar surface area (TPSA) is 18.5 Å². The van der Waals surface area contributed by atoms with Gasteiger partial charge in [0.2, 0.25) is 0 Å². The maximum atomic E-state index is 14.4. The molecule has 0 atom stereocenters. The van der Waals surface area contributed by atoms with Crippen LogP contribution in [0.1, 0.15) is 56.9 Å². The molecule has 4 fully saturated rings. The van der Waals surface area contributed by atoms with Gasteiger partial charge in [-0.05, 0) is 79.7 Å². The summed E-state index contributed by atoms with van der Waals surface area (Å²) in [7, 11) is 0. The van der Waals surface area contributed by atoms with Gasteiger partial charge in [-0.2, -0.15) is 0 Å². The normalized spacial score (nSPS) is 29.7. The smallest absolute Gasteiger partial charge is 0.130 e. The molecule has 0 spiro atoms. The van der Waals surface area contributed by atoms with Crippen LogP contribution in [-0.2, 0) is 10.3 Å². The maximum absolute atomic E-state index is 14.4. The lowest BCUT2D eigenvalue weighted by Crippen LogP contribution is -2.49. The highest BCUT2D eigenvalue weighted by Gasteiger charge is 2.50. The van der Waals surface area contributed by atoms with Crippen LogP contribution in [0.2, 0.25) is 0 Å². The molecule has 2 aromatic carbocycles. The van der Waals surface area contributed by atoms with Crippen molar-refractivity contribution in [3.05, 3.63) is 59.9 Å². The summed E-state index contributed by atoms with van der Waals surface area (Å²) in [5.41, 5.74) is 0.975. The van der Waals surface area contributed by atoms with E-state index in [1.54, 1.807) is 6.07 Å². The minimum Gasteiger partial charge on any atom is -0.457 e. The molecule has 2 aliphatic carbocycles. The highest BCUT2D eigenvalue weighted by Crippen LogP contribution is 2.56. The molecule has 2 saturated carbocycles. The van der Waals surface area contributed by atoms with Crippen LogP contribution in [-0.4, -0.2) is 6.61 Å². The maximum Gasteiger partial charge on any atom is 0.130 e. The predicted molar refractivity (Wildman–Crippen MR) is 103 cm³/mol. The zero-order valence-corrected chi connectivity index (χ0v) is 15.8. The van der Waals surface area contributed by atoms with E-state index in [-0.39, 0.29) is 11.4 Å². The fourth-order valence-corrected chi connectivity index (χ4v) is 4.88. The number of fused-ring (bicyclic) bond motifs is 3. The summed E-state index contributed by atoms with van der Waals surface area (Å²) in [4.78, 5) is 0. The molecule has 2 nitrogen and oxygen atoms in total. The Hall–Kier alpha value is -1.87. The van der Waals surface area contributed by atoms with Gasteiger partial charge < -0.3 is 9.47 Å². The molecular weight excluding hydrogens is 339 g/mol. The standard InChI is InChI=1S/C24H27FO2/c25-20-14-19(15-22(16-20)27-21-4-2-1-3-5-21)24-12-10-23(11-13-24,17-26-24)9-8-18-6-7-18/h1-5,14-16,18H,6-13,17H2. The molecule has 2 saturated heterocycles. The van der Waals surface area contributed by atoms with E-state index in [4.69, 9.17) is 9.47 Å². The lowest BCUT2D eigenvalue weighted by molar-refractivity contribution is -0.192. The van der Waals surface area contributed by atoms with Gasteiger partial charge >= 0.3 is 0 Å². The number of para-hydroxylation sites is 1. The molecule has 0 radical (unpaired) electrons. The first-order chi connectivity index (χ1) is 13.1. The van der Waals surface area contributed by atoms with Gasteiger partial charge in [-0.1, -0.05) is 31.0 Å². The van der Waals surface area contributed by atoms with E-state index >= 15 is 0 Å². The van der Waals surface area contributed by atoms with E-state index in [0.717, 1.165) is 36.7 Å².